The lowest BCUT2D eigenvalue weighted by Gasteiger charge is -2.30. The summed E-state index contributed by atoms with van der Waals surface area (Å²) in [5.41, 5.74) is 2.86. The van der Waals surface area contributed by atoms with Crippen LogP contribution >= 0.6 is 0 Å². The van der Waals surface area contributed by atoms with E-state index in [1.54, 1.807) is 66.6 Å². The molecule has 37 heavy (non-hydrogen) atoms. The Bertz CT molecular complexity index is 1680. The van der Waals surface area contributed by atoms with E-state index in [1.807, 2.05) is 30.3 Å². The van der Waals surface area contributed by atoms with Gasteiger partial charge < -0.3 is 9.67 Å². The maximum Gasteiger partial charge on any atom is 0.156 e. The highest BCUT2D eigenvalue weighted by Crippen LogP contribution is 2.38. The molecule has 2 aromatic heterocycles. The van der Waals surface area contributed by atoms with Crippen molar-refractivity contribution in [2.75, 3.05) is 0 Å². The van der Waals surface area contributed by atoms with Crippen LogP contribution < -0.4 is 0 Å². The molecule has 0 saturated heterocycles. The minimum atomic E-state index is -1.64. The molecule has 0 aliphatic carbocycles. The zero-order valence-electron chi connectivity index (χ0n) is 20.1. The molecule has 7 heteroatoms. The molecule has 1 unspecified atom stereocenters. The van der Waals surface area contributed by atoms with Gasteiger partial charge in [0.25, 0.3) is 0 Å². The van der Waals surface area contributed by atoms with Crippen molar-refractivity contribution in [2.45, 2.75) is 18.7 Å². The molecule has 0 aliphatic heterocycles. The zero-order valence-corrected chi connectivity index (χ0v) is 20.1. The van der Waals surface area contributed by atoms with Crippen molar-refractivity contribution in [1.82, 2.24) is 14.5 Å². The Balaban J connectivity index is 1.76. The number of aromatic nitrogens is 3. The van der Waals surface area contributed by atoms with Gasteiger partial charge in [-0.2, -0.15) is 10.5 Å². The second-order valence-corrected chi connectivity index (χ2v) is 8.84. The quantitative estimate of drug-likeness (QED) is 0.361. The van der Waals surface area contributed by atoms with E-state index in [2.05, 4.69) is 22.1 Å². The Morgan fingerprint density at radius 1 is 0.973 bits per heavy atom. The predicted octanol–water partition coefficient (Wildman–Crippen LogP) is 5.06. The number of rotatable bonds is 6. The Hall–Kier alpha value is -4.85. The van der Waals surface area contributed by atoms with Crippen LogP contribution in [0.4, 0.5) is 4.39 Å². The van der Waals surface area contributed by atoms with Gasteiger partial charge in [0, 0.05) is 18.9 Å². The molecule has 0 aliphatic rings. The predicted molar refractivity (Wildman–Crippen MR) is 137 cm³/mol. The summed E-state index contributed by atoms with van der Waals surface area (Å²) in [6, 6.07) is 25.8. The molecule has 6 nitrogen and oxygen atoms in total. The first kappa shape index (κ1) is 23.9. The molecule has 180 valence electrons. The minimum absolute atomic E-state index is 0.231. The number of hydrogen-bond acceptors (Lipinski definition) is 5. The van der Waals surface area contributed by atoms with Gasteiger partial charge in [-0.15, -0.1) is 0 Å². The van der Waals surface area contributed by atoms with Gasteiger partial charge in [0.15, 0.2) is 5.60 Å². The number of fused-ring (bicyclic) bond motifs is 1. The SMILES string of the molecule is Cn1cncc1C(O)(c1ccc(C#N)cc1)c1ccc2nc(CF)c(Cc3ccccc3)c(C#N)c2c1. The van der Waals surface area contributed by atoms with Gasteiger partial charge in [-0.1, -0.05) is 48.5 Å². The Morgan fingerprint density at radius 2 is 1.70 bits per heavy atom. The average Bonchev–Trinajstić information content (AvgIpc) is 3.38. The molecule has 0 fully saturated rings. The van der Waals surface area contributed by atoms with Crippen molar-refractivity contribution in [3.8, 4) is 12.1 Å². The number of nitriles is 2. The monoisotopic (exact) mass is 487 g/mol. The highest BCUT2D eigenvalue weighted by Gasteiger charge is 2.37. The molecule has 2 heterocycles. The molecule has 0 radical (unpaired) electrons. The van der Waals surface area contributed by atoms with Gasteiger partial charge in [0.1, 0.15) is 12.7 Å². The second-order valence-electron chi connectivity index (χ2n) is 8.84. The van der Waals surface area contributed by atoms with Gasteiger partial charge in [0.05, 0.1) is 46.6 Å². The molecule has 5 aromatic rings. The summed E-state index contributed by atoms with van der Waals surface area (Å²) in [6.07, 6.45) is 3.54. The Morgan fingerprint density at radius 3 is 2.32 bits per heavy atom. The molecule has 1 atom stereocenters. The van der Waals surface area contributed by atoms with E-state index >= 15 is 0 Å². The summed E-state index contributed by atoms with van der Waals surface area (Å²) in [4.78, 5) is 8.73. The number of alkyl halides is 1. The number of nitrogens with zero attached hydrogens (tertiary/aromatic N) is 5. The number of halogens is 1. The van der Waals surface area contributed by atoms with Crippen LogP contribution in [-0.4, -0.2) is 19.6 Å². The van der Waals surface area contributed by atoms with E-state index in [0.29, 0.717) is 50.8 Å². The Labute approximate surface area is 213 Å². The van der Waals surface area contributed by atoms with Crippen molar-refractivity contribution in [3.63, 3.8) is 0 Å². The highest BCUT2D eigenvalue weighted by atomic mass is 19.1. The molecular weight excluding hydrogens is 465 g/mol. The summed E-state index contributed by atoms with van der Waals surface area (Å²) >= 11 is 0. The molecule has 3 aromatic carbocycles. The fourth-order valence-electron chi connectivity index (χ4n) is 4.76. The maximum absolute atomic E-state index is 14.1. The third kappa shape index (κ3) is 4.12. The Kier molecular flexibility index (Phi) is 6.23. The number of aryl methyl sites for hydroxylation is 1. The van der Waals surface area contributed by atoms with Crippen LogP contribution in [0.1, 0.15) is 44.8 Å². The number of benzene rings is 3. The lowest BCUT2D eigenvalue weighted by atomic mass is 9.82. The molecule has 0 amide bonds. The number of pyridine rings is 1. The second kappa shape index (κ2) is 9.66. The fraction of sp³-hybridized carbons (Fsp3) is 0.133. The van der Waals surface area contributed by atoms with Gasteiger partial charge in [-0.05, 0) is 46.5 Å². The molecule has 0 bridgehead atoms. The van der Waals surface area contributed by atoms with E-state index < -0.39 is 12.3 Å². The van der Waals surface area contributed by atoms with Gasteiger partial charge >= 0.3 is 0 Å². The summed E-state index contributed by atoms with van der Waals surface area (Å²) in [6.45, 7) is -0.793. The van der Waals surface area contributed by atoms with Crippen LogP contribution in [0.3, 0.4) is 0 Å². The van der Waals surface area contributed by atoms with Crippen LogP contribution in [0, 0.1) is 22.7 Å². The van der Waals surface area contributed by atoms with Crippen LogP contribution in [-0.2, 0) is 25.7 Å². The molecule has 0 spiro atoms. The standard InChI is InChI=1S/C30H22FN5O/c1-36-19-34-18-29(36)30(37,22-9-7-21(16-32)8-10-22)23-11-12-27-25(14-23)26(17-33)24(28(15-31)35-27)13-20-5-3-2-4-6-20/h2-12,14,18-19,37H,13,15H2,1H3. The van der Waals surface area contributed by atoms with Gasteiger partial charge in [-0.25, -0.2) is 14.4 Å². The zero-order chi connectivity index (χ0) is 26.0. The van der Waals surface area contributed by atoms with Crippen molar-refractivity contribution >= 4 is 10.9 Å². The number of aliphatic hydroxyl groups is 1. The minimum Gasteiger partial charge on any atom is -0.374 e. The topological polar surface area (TPSA) is 98.5 Å². The van der Waals surface area contributed by atoms with Crippen LogP contribution in [0.15, 0.2) is 85.3 Å². The van der Waals surface area contributed by atoms with E-state index in [-0.39, 0.29) is 5.69 Å². The third-order valence-electron chi connectivity index (χ3n) is 6.67. The first-order chi connectivity index (χ1) is 18.0. The largest absolute Gasteiger partial charge is 0.374 e. The smallest absolute Gasteiger partial charge is 0.156 e. The van der Waals surface area contributed by atoms with Crippen molar-refractivity contribution in [2.24, 2.45) is 7.05 Å². The van der Waals surface area contributed by atoms with Crippen molar-refractivity contribution in [3.05, 3.63) is 130 Å². The van der Waals surface area contributed by atoms with E-state index in [0.717, 1.165) is 5.56 Å². The number of imidazole rings is 1. The summed E-state index contributed by atoms with van der Waals surface area (Å²) in [7, 11) is 1.78. The average molecular weight is 488 g/mol. The molecular formula is C30H22FN5O. The molecule has 0 saturated carbocycles. The summed E-state index contributed by atoms with van der Waals surface area (Å²) < 4.78 is 15.8. The normalized spacial score (nSPS) is 12.6. The molecule has 5 rings (SSSR count). The highest BCUT2D eigenvalue weighted by molar-refractivity contribution is 5.87. The third-order valence-corrected chi connectivity index (χ3v) is 6.67. The van der Waals surface area contributed by atoms with Crippen molar-refractivity contribution in [1.29, 1.82) is 10.5 Å². The lowest BCUT2D eigenvalue weighted by molar-refractivity contribution is 0.117. The van der Waals surface area contributed by atoms with Crippen LogP contribution in [0.25, 0.3) is 10.9 Å². The lowest BCUT2D eigenvalue weighted by Crippen LogP contribution is -2.31. The number of hydrogen-bond donors (Lipinski definition) is 1. The maximum atomic E-state index is 14.1. The van der Waals surface area contributed by atoms with E-state index in [4.69, 9.17) is 0 Å². The first-order valence-corrected chi connectivity index (χ1v) is 11.7. The van der Waals surface area contributed by atoms with E-state index in [1.165, 1.54) is 0 Å². The first-order valence-electron chi connectivity index (χ1n) is 11.7. The van der Waals surface area contributed by atoms with Crippen molar-refractivity contribution < 1.29 is 9.50 Å². The van der Waals surface area contributed by atoms with E-state index in [9.17, 15) is 20.0 Å². The summed E-state index contributed by atoms with van der Waals surface area (Å²) in [5, 5.41) is 32.2. The molecule has 1 N–H and O–H groups in total. The summed E-state index contributed by atoms with van der Waals surface area (Å²) in [5.74, 6) is 0. The fourth-order valence-corrected chi connectivity index (χ4v) is 4.76. The van der Waals surface area contributed by atoms with Gasteiger partial charge in [-0.3, -0.25) is 0 Å². The van der Waals surface area contributed by atoms with Crippen LogP contribution in [0.5, 0.6) is 0 Å². The van der Waals surface area contributed by atoms with Gasteiger partial charge in [0.2, 0.25) is 0 Å². The van der Waals surface area contributed by atoms with Crippen LogP contribution in [0.2, 0.25) is 0 Å².